The highest BCUT2D eigenvalue weighted by Crippen LogP contribution is 2.45. The molecule has 152 valence electrons. The maximum atomic E-state index is 13.9. The van der Waals surface area contributed by atoms with Gasteiger partial charge in [0.25, 0.3) is 5.91 Å². The fourth-order valence-corrected chi connectivity index (χ4v) is 4.64. The van der Waals surface area contributed by atoms with E-state index in [0.717, 1.165) is 11.1 Å². The molecule has 0 spiro atoms. The molecule has 3 heterocycles. The minimum absolute atomic E-state index is 0.0636. The summed E-state index contributed by atoms with van der Waals surface area (Å²) >= 11 is 0. The summed E-state index contributed by atoms with van der Waals surface area (Å²) in [5, 5.41) is 0. The standard InChI is InChI=1S/C22H25FN4O2/c1-14-6-5-9-24-19(14)21(28)26-11-16-12-27(22(29)25(2)3)20(18(16)13-26)15-7-4-8-17(23)10-15/h4-10,16,18,20H,11-13H2,1-3H3/t16-,18-,20+/m1/s1. The molecule has 1 aromatic carbocycles. The van der Waals surface area contributed by atoms with Crippen LogP contribution in [0.3, 0.4) is 0 Å². The van der Waals surface area contributed by atoms with Gasteiger partial charge in [0.2, 0.25) is 0 Å². The average molecular weight is 396 g/mol. The number of amides is 3. The van der Waals surface area contributed by atoms with Crippen LogP contribution in [0.15, 0.2) is 42.6 Å². The van der Waals surface area contributed by atoms with E-state index in [4.69, 9.17) is 0 Å². The Labute approximate surface area is 169 Å². The van der Waals surface area contributed by atoms with Gasteiger partial charge in [-0.2, -0.15) is 0 Å². The Morgan fingerprint density at radius 1 is 1.14 bits per heavy atom. The zero-order chi connectivity index (χ0) is 20.7. The predicted octanol–water partition coefficient (Wildman–Crippen LogP) is 2.96. The van der Waals surface area contributed by atoms with Gasteiger partial charge in [0, 0.05) is 51.8 Å². The lowest BCUT2D eigenvalue weighted by Gasteiger charge is -2.32. The Morgan fingerprint density at radius 3 is 2.62 bits per heavy atom. The van der Waals surface area contributed by atoms with Crippen molar-refractivity contribution in [2.24, 2.45) is 11.8 Å². The Balaban J connectivity index is 1.63. The smallest absolute Gasteiger partial charge is 0.320 e. The molecule has 2 saturated heterocycles. The molecular weight excluding hydrogens is 371 g/mol. The summed E-state index contributed by atoms with van der Waals surface area (Å²) in [7, 11) is 3.44. The van der Waals surface area contributed by atoms with E-state index in [1.165, 1.54) is 12.1 Å². The molecule has 0 bridgehead atoms. The fourth-order valence-electron chi connectivity index (χ4n) is 4.64. The molecule has 0 saturated carbocycles. The molecule has 0 N–H and O–H groups in total. The van der Waals surface area contributed by atoms with Gasteiger partial charge in [-0.1, -0.05) is 18.2 Å². The maximum absolute atomic E-state index is 13.9. The summed E-state index contributed by atoms with van der Waals surface area (Å²) < 4.78 is 13.9. The largest absolute Gasteiger partial charge is 0.337 e. The number of benzene rings is 1. The molecule has 1 aromatic heterocycles. The van der Waals surface area contributed by atoms with Crippen LogP contribution >= 0.6 is 0 Å². The van der Waals surface area contributed by atoms with Gasteiger partial charge in [-0.15, -0.1) is 0 Å². The Bertz CT molecular complexity index is 948. The second-order valence-corrected chi connectivity index (χ2v) is 8.13. The van der Waals surface area contributed by atoms with E-state index >= 15 is 0 Å². The molecule has 6 nitrogen and oxygen atoms in total. The van der Waals surface area contributed by atoms with Crippen molar-refractivity contribution >= 4 is 11.9 Å². The summed E-state index contributed by atoms with van der Waals surface area (Å²) in [6.07, 6.45) is 1.63. The van der Waals surface area contributed by atoms with E-state index in [1.54, 1.807) is 31.3 Å². The van der Waals surface area contributed by atoms with Crippen LogP contribution in [-0.2, 0) is 0 Å². The number of halogens is 1. The monoisotopic (exact) mass is 396 g/mol. The first kappa shape index (κ1) is 19.4. The van der Waals surface area contributed by atoms with Crippen LogP contribution in [-0.4, -0.2) is 65.4 Å². The minimum atomic E-state index is -0.321. The molecule has 2 fully saturated rings. The SMILES string of the molecule is Cc1cccnc1C(=O)N1C[C@@H]2CN(C(=O)N(C)C)[C@@H](c3cccc(F)c3)[C@@H]2C1. The third-order valence-electron chi connectivity index (χ3n) is 5.98. The highest BCUT2D eigenvalue weighted by molar-refractivity contribution is 5.93. The van der Waals surface area contributed by atoms with Gasteiger partial charge in [-0.05, 0) is 36.2 Å². The van der Waals surface area contributed by atoms with E-state index in [0.29, 0.717) is 25.3 Å². The zero-order valence-electron chi connectivity index (χ0n) is 16.9. The molecule has 29 heavy (non-hydrogen) atoms. The van der Waals surface area contributed by atoms with Gasteiger partial charge in [0.1, 0.15) is 11.5 Å². The normalized spacial score (nSPS) is 23.2. The van der Waals surface area contributed by atoms with Gasteiger partial charge < -0.3 is 14.7 Å². The van der Waals surface area contributed by atoms with Crippen LogP contribution in [0.5, 0.6) is 0 Å². The van der Waals surface area contributed by atoms with Crippen molar-refractivity contribution in [2.75, 3.05) is 33.7 Å². The summed E-state index contributed by atoms with van der Waals surface area (Å²) in [5.41, 5.74) is 2.09. The molecule has 2 aromatic rings. The van der Waals surface area contributed by atoms with Crippen molar-refractivity contribution in [2.45, 2.75) is 13.0 Å². The van der Waals surface area contributed by atoms with E-state index in [1.807, 2.05) is 34.9 Å². The lowest BCUT2D eigenvalue weighted by molar-refractivity contribution is 0.0760. The number of fused-ring (bicyclic) bond motifs is 1. The number of urea groups is 1. The van der Waals surface area contributed by atoms with Crippen LogP contribution in [0.25, 0.3) is 0 Å². The second kappa shape index (κ2) is 7.46. The van der Waals surface area contributed by atoms with E-state index in [2.05, 4.69) is 4.98 Å². The number of likely N-dealkylation sites (tertiary alicyclic amines) is 2. The molecule has 2 aliphatic rings. The van der Waals surface area contributed by atoms with Gasteiger partial charge in [0.05, 0.1) is 6.04 Å². The summed E-state index contributed by atoms with van der Waals surface area (Å²) in [6, 6.07) is 9.78. The third-order valence-corrected chi connectivity index (χ3v) is 5.98. The number of hydrogen-bond donors (Lipinski definition) is 0. The second-order valence-electron chi connectivity index (χ2n) is 8.13. The fraction of sp³-hybridized carbons (Fsp3) is 0.409. The van der Waals surface area contributed by atoms with Crippen LogP contribution in [0, 0.1) is 24.6 Å². The Hall–Kier alpha value is -2.96. The topological polar surface area (TPSA) is 56.8 Å². The zero-order valence-corrected chi connectivity index (χ0v) is 16.9. The van der Waals surface area contributed by atoms with E-state index in [-0.39, 0.29) is 35.6 Å². The molecule has 7 heteroatoms. The first-order chi connectivity index (χ1) is 13.9. The van der Waals surface area contributed by atoms with Crippen LogP contribution in [0.1, 0.15) is 27.7 Å². The number of carbonyl (C=O) groups is 2. The molecule has 0 aliphatic carbocycles. The van der Waals surface area contributed by atoms with E-state index in [9.17, 15) is 14.0 Å². The van der Waals surface area contributed by atoms with Crippen molar-refractivity contribution in [3.05, 3.63) is 65.2 Å². The minimum Gasteiger partial charge on any atom is -0.337 e. The highest BCUT2D eigenvalue weighted by atomic mass is 19.1. The number of aromatic nitrogens is 1. The summed E-state index contributed by atoms with van der Waals surface area (Å²) in [4.78, 5) is 35.3. The number of aryl methyl sites for hydroxylation is 1. The first-order valence-corrected chi connectivity index (χ1v) is 9.81. The predicted molar refractivity (Wildman–Crippen MR) is 107 cm³/mol. The van der Waals surface area contributed by atoms with Crippen LogP contribution in [0.4, 0.5) is 9.18 Å². The van der Waals surface area contributed by atoms with Crippen molar-refractivity contribution in [1.29, 1.82) is 0 Å². The van der Waals surface area contributed by atoms with Crippen molar-refractivity contribution in [3.8, 4) is 0 Å². The molecule has 3 amide bonds. The lowest BCUT2D eigenvalue weighted by atomic mass is 9.89. The number of rotatable bonds is 2. The molecule has 4 rings (SSSR count). The van der Waals surface area contributed by atoms with Gasteiger partial charge in [0.15, 0.2) is 0 Å². The van der Waals surface area contributed by atoms with E-state index < -0.39 is 0 Å². The Morgan fingerprint density at radius 2 is 1.93 bits per heavy atom. The number of hydrogen-bond acceptors (Lipinski definition) is 3. The van der Waals surface area contributed by atoms with Crippen molar-refractivity contribution < 1.29 is 14.0 Å². The molecule has 3 atom stereocenters. The Kier molecular flexibility index (Phi) is 4.98. The van der Waals surface area contributed by atoms with Crippen LogP contribution in [0.2, 0.25) is 0 Å². The van der Waals surface area contributed by atoms with Crippen molar-refractivity contribution in [3.63, 3.8) is 0 Å². The molecule has 0 radical (unpaired) electrons. The van der Waals surface area contributed by atoms with Gasteiger partial charge in [-0.25, -0.2) is 9.18 Å². The van der Waals surface area contributed by atoms with Gasteiger partial charge in [-0.3, -0.25) is 9.78 Å². The number of pyridine rings is 1. The molecule has 2 aliphatic heterocycles. The highest BCUT2D eigenvalue weighted by Gasteiger charge is 2.50. The van der Waals surface area contributed by atoms with Gasteiger partial charge >= 0.3 is 6.03 Å². The van der Waals surface area contributed by atoms with Crippen molar-refractivity contribution in [1.82, 2.24) is 19.7 Å². The molecule has 0 unspecified atom stereocenters. The lowest BCUT2D eigenvalue weighted by Crippen LogP contribution is -2.42. The van der Waals surface area contributed by atoms with Crippen LogP contribution < -0.4 is 0 Å². The maximum Gasteiger partial charge on any atom is 0.320 e. The summed E-state index contributed by atoms with van der Waals surface area (Å²) in [6.45, 7) is 3.53. The number of carbonyl (C=O) groups excluding carboxylic acids is 2. The third kappa shape index (κ3) is 3.45. The average Bonchev–Trinajstić information content (AvgIpc) is 3.25. The first-order valence-electron chi connectivity index (χ1n) is 9.81. The molecular formula is C22H25FN4O2. The quantitative estimate of drug-likeness (QED) is 0.784. The summed E-state index contributed by atoms with van der Waals surface area (Å²) in [5.74, 6) is -0.187. The number of nitrogens with zero attached hydrogens (tertiary/aromatic N) is 4.